The zero-order valence-electron chi connectivity index (χ0n) is 11.8. The molecule has 1 rings (SSSR count). The molecule has 1 aromatic carbocycles. The molecule has 0 aromatic heterocycles. The Morgan fingerprint density at radius 3 is 2.26 bits per heavy atom. The Morgan fingerprint density at radius 2 is 1.58 bits per heavy atom. The van der Waals surface area contributed by atoms with Crippen molar-refractivity contribution in [2.45, 2.75) is 51.5 Å². The smallest absolute Gasteiger partial charge is 0.178 e. The molecule has 0 unspecified atom stereocenters. The maximum absolute atomic E-state index is 11.6. The summed E-state index contributed by atoms with van der Waals surface area (Å²) in [4.78, 5) is 0. The minimum absolute atomic E-state index is 0.459. The van der Waals surface area contributed by atoms with Crippen LogP contribution >= 0.6 is 0 Å². The summed E-state index contributed by atoms with van der Waals surface area (Å²) in [6.07, 6.45) is 11.9. The van der Waals surface area contributed by atoms with Crippen LogP contribution in [0.25, 0.3) is 0 Å². The molecule has 0 spiro atoms. The molecule has 0 atom stereocenters. The first kappa shape index (κ1) is 15.5. The summed E-state index contributed by atoms with van der Waals surface area (Å²) in [6.45, 7) is 4.17. The maximum Gasteiger partial charge on any atom is 0.178 e. The Balaban J connectivity index is 2.07. The minimum Gasteiger partial charge on any atom is -0.624 e. The molecule has 0 aliphatic carbocycles. The van der Waals surface area contributed by atoms with E-state index in [0.29, 0.717) is 6.54 Å². The molecule has 1 aromatic rings. The van der Waals surface area contributed by atoms with Gasteiger partial charge in [-0.1, -0.05) is 55.7 Å². The van der Waals surface area contributed by atoms with Gasteiger partial charge in [-0.2, -0.15) is 0 Å². The van der Waals surface area contributed by atoms with Gasteiger partial charge in [0.05, 0.1) is 0 Å². The molecule has 0 saturated heterocycles. The van der Waals surface area contributed by atoms with Gasteiger partial charge in [0.2, 0.25) is 0 Å². The van der Waals surface area contributed by atoms with Gasteiger partial charge in [0.25, 0.3) is 0 Å². The summed E-state index contributed by atoms with van der Waals surface area (Å²) in [5.74, 6) is 0. The number of hydroxylamine groups is 1. The van der Waals surface area contributed by atoms with Crippen LogP contribution in [0.3, 0.4) is 0 Å². The van der Waals surface area contributed by atoms with Gasteiger partial charge >= 0.3 is 0 Å². The monoisotopic (exact) mass is 259 g/mol. The third-order valence-electron chi connectivity index (χ3n) is 3.13. The molecule has 0 saturated carbocycles. The Kier molecular flexibility index (Phi) is 8.45. The van der Waals surface area contributed by atoms with Gasteiger partial charge in [-0.15, -0.1) is 6.58 Å². The lowest BCUT2D eigenvalue weighted by Gasteiger charge is -2.04. The number of nitrogens with zero attached hydrogens (tertiary/aromatic N) is 1. The van der Waals surface area contributed by atoms with Gasteiger partial charge in [-0.05, 0) is 19.3 Å². The fourth-order valence-corrected chi connectivity index (χ4v) is 2.03. The van der Waals surface area contributed by atoms with Crippen molar-refractivity contribution in [2.24, 2.45) is 0 Å². The van der Waals surface area contributed by atoms with Crippen LogP contribution in [0.4, 0.5) is 0 Å². The summed E-state index contributed by atoms with van der Waals surface area (Å²) >= 11 is 0. The predicted octanol–water partition coefficient (Wildman–Crippen LogP) is 4.68. The van der Waals surface area contributed by atoms with E-state index in [2.05, 4.69) is 6.58 Å². The van der Waals surface area contributed by atoms with Crippen molar-refractivity contribution >= 4 is 6.21 Å². The molecular formula is C17H25NO. The average molecular weight is 259 g/mol. The summed E-state index contributed by atoms with van der Waals surface area (Å²) < 4.78 is 1.05. The van der Waals surface area contributed by atoms with E-state index in [1.165, 1.54) is 25.7 Å². The second kappa shape index (κ2) is 10.4. The highest BCUT2D eigenvalue weighted by Crippen LogP contribution is 2.07. The van der Waals surface area contributed by atoms with Crippen molar-refractivity contribution < 1.29 is 4.74 Å². The highest BCUT2D eigenvalue weighted by atomic mass is 16.5. The lowest BCUT2D eigenvalue weighted by Crippen LogP contribution is -2.04. The van der Waals surface area contributed by atoms with Gasteiger partial charge in [-0.3, -0.25) is 0 Å². The van der Waals surface area contributed by atoms with Crippen LogP contribution in [0.1, 0.15) is 50.5 Å². The second-order valence-electron chi connectivity index (χ2n) is 4.88. The summed E-state index contributed by atoms with van der Waals surface area (Å²) in [7, 11) is 0. The number of benzene rings is 1. The van der Waals surface area contributed by atoms with Crippen LogP contribution in [-0.4, -0.2) is 11.0 Å². The van der Waals surface area contributed by atoms with Crippen LogP contribution < -0.4 is 0 Å². The maximum atomic E-state index is 11.6. The fourth-order valence-electron chi connectivity index (χ4n) is 2.03. The molecule has 0 bridgehead atoms. The van der Waals surface area contributed by atoms with E-state index in [-0.39, 0.29) is 0 Å². The lowest BCUT2D eigenvalue weighted by molar-refractivity contribution is -0.471. The number of hydrogen-bond donors (Lipinski definition) is 0. The topological polar surface area (TPSA) is 26.1 Å². The molecule has 0 radical (unpaired) electrons. The molecule has 0 heterocycles. The Hall–Kier alpha value is -1.57. The van der Waals surface area contributed by atoms with Crippen LogP contribution in [0.2, 0.25) is 0 Å². The third-order valence-corrected chi connectivity index (χ3v) is 3.13. The average Bonchev–Trinajstić information content (AvgIpc) is 2.43. The van der Waals surface area contributed by atoms with Crippen LogP contribution in [-0.2, 0) is 6.54 Å². The van der Waals surface area contributed by atoms with E-state index in [4.69, 9.17) is 0 Å². The quantitative estimate of drug-likeness (QED) is 0.149. The van der Waals surface area contributed by atoms with Crippen LogP contribution in [0.15, 0.2) is 43.0 Å². The first-order chi connectivity index (χ1) is 9.33. The molecule has 0 amide bonds. The zero-order valence-corrected chi connectivity index (χ0v) is 11.8. The minimum atomic E-state index is 0.459. The molecule has 104 valence electrons. The van der Waals surface area contributed by atoms with Gasteiger partial charge < -0.3 is 5.21 Å². The highest BCUT2D eigenvalue weighted by Gasteiger charge is 1.97. The third kappa shape index (κ3) is 8.20. The molecule has 0 N–H and O–H groups in total. The first-order valence-electron chi connectivity index (χ1n) is 7.25. The van der Waals surface area contributed by atoms with Gasteiger partial charge in [0, 0.05) is 12.0 Å². The number of hydrogen-bond acceptors (Lipinski definition) is 1. The van der Waals surface area contributed by atoms with E-state index < -0.39 is 0 Å². The predicted molar refractivity (Wildman–Crippen MR) is 82.4 cm³/mol. The molecule has 0 aliphatic rings. The Labute approximate surface area is 117 Å². The molecule has 2 heteroatoms. The first-order valence-corrected chi connectivity index (χ1v) is 7.25. The number of rotatable bonds is 10. The van der Waals surface area contributed by atoms with Crippen molar-refractivity contribution in [3.05, 3.63) is 53.8 Å². The van der Waals surface area contributed by atoms with E-state index >= 15 is 0 Å². The van der Waals surface area contributed by atoms with Crippen molar-refractivity contribution in [2.75, 3.05) is 0 Å². The van der Waals surface area contributed by atoms with Gasteiger partial charge in [-0.25, -0.2) is 4.74 Å². The van der Waals surface area contributed by atoms with Gasteiger partial charge in [0.15, 0.2) is 12.8 Å². The zero-order chi connectivity index (χ0) is 13.8. The molecule has 0 aliphatic heterocycles. The molecule has 2 nitrogen and oxygen atoms in total. The Morgan fingerprint density at radius 1 is 0.947 bits per heavy atom. The van der Waals surface area contributed by atoms with Crippen LogP contribution in [0.5, 0.6) is 0 Å². The van der Waals surface area contributed by atoms with Crippen LogP contribution in [0, 0.1) is 5.21 Å². The SMILES string of the molecule is C=CCCCCCCCC=[N+]([O-])Cc1ccccc1. The molecule has 19 heavy (non-hydrogen) atoms. The molecule has 0 fully saturated rings. The van der Waals surface area contributed by atoms with Crippen molar-refractivity contribution in [1.29, 1.82) is 0 Å². The standard InChI is InChI=1S/C17H25NO/c1-2-3-4-5-6-7-8-12-15-18(19)16-17-13-10-9-11-14-17/h2,9-11,13-15H,1,3-8,12,16H2. The Bertz CT molecular complexity index is 370. The van der Waals surface area contributed by atoms with E-state index in [1.807, 2.05) is 36.4 Å². The highest BCUT2D eigenvalue weighted by molar-refractivity contribution is 5.51. The summed E-state index contributed by atoms with van der Waals surface area (Å²) in [5.41, 5.74) is 1.07. The van der Waals surface area contributed by atoms with E-state index in [0.717, 1.165) is 29.6 Å². The van der Waals surface area contributed by atoms with Crippen molar-refractivity contribution in [3.63, 3.8) is 0 Å². The largest absolute Gasteiger partial charge is 0.624 e. The van der Waals surface area contributed by atoms with Gasteiger partial charge in [0.1, 0.15) is 0 Å². The number of allylic oxidation sites excluding steroid dienone is 1. The lowest BCUT2D eigenvalue weighted by atomic mass is 10.1. The van der Waals surface area contributed by atoms with Crippen molar-refractivity contribution in [1.82, 2.24) is 0 Å². The second-order valence-corrected chi connectivity index (χ2v) is 4.88. The van der Waals surface area contributed by atoms with Crippen molar-refractivity contribution in [3.8, 4) is 0 Å². The van der Waals surface area contributed by atoms with E-state index in [1.54, 1.807) is 6.21 Å². The fraction of sp³-hybridized carbons (Fsp3) is 0.471. The summed E-state index contributed by atoms with van der Waals surface area (Å²) in [5, 5.41) is 11.6. The normalized spacial score (nSPS) is 11.5. The summed E-state index contributed by atoms with van der Waals surface area (Å²) in [6, 6.07) is 9.87. The molecular weight excluding hydrogens is 234 g/mol. The number of unbranched alkanes of at least 4 members (excludes halogenated alkanes) is 6. The van der Waals surface area contributed by atoms with E-state index in [9.17, 15) is 5.21 Å².